The normalized spacial score (nSPS) is 16.4. The Labute approximate surface area is 163 Å². The predicted molar refractivity (Wildman–Crippen MR) is 98.5 cm³/mol. The maximum Gasteiger partial charge on any atom is 0.318 e. The highest BCUT2D eigenvalue weighted by atomic mass is 19.1. The standard InChI is InChI=1S/C19H25FN4O4/c1-26-12-3-10-21-19(25)24-11-2-4-16(24)18-22-17(23-28-18)9-13-27-15-7-5-14(20)6-8-15/h5-8,16H,2-4,9-13H2,1H3,(H,21,25). The number of benzene rings is 1. The Morgan fingerprint density at radius 2 is 2.18 bits per heavy atom. The fourth-order valence-electron chi connectivity index (χ4n) is 3.08. The third-order valence-electron chi connectivity index (χ3n) is 4.49. The van der Waals surface area contributed by atoms with Gasteiger partial charge in [0.25, 0.3) is 0 Å². The summed E-state index contributed by atoms with van der Waals surface area (Å²) in [6.45, 7) is 2.17. The van der Waals surface area contributed by atoms with Crippen LogP contribution in [0.25, 0.3) is 0 Å². The fraction of sp³-hybridized carbons (Fsp3) is 0.526. The Morgan fingerprint density at radius 3 is 2.96 bits per heavy atom. The number of aromatic nitrogens is 2. The van der Waals surface area contributed by atoms with Crippen molar-refractivity contribution in [3.8, 4) is 5.75 Å². The molecule has 0 radical (unpaired) electrons. The Hall–Kier alpha value is -2.68. The van der Waals surface area contributed by atoms with Gasteiger partial charge in [0, 0.05) is 33.2 Å². The molecule has 1 aromatic carbocycles. The van der Waals surface area contributed by atoms with Crippen LogP contribution < -0.4 is 10.1 Å². The molecule has 1 fully saturated rings. The Balaban J connectivity index is 1.49. The lowest BCUT2D eigenvalue weighted by atomic mass is 10.2. The van der Waals surface area contributed by atoms with E-state index in [0.29, 0.717) is 50.2 Å². The van der Waals surface area contributed by atoms with Crippen LogP contribution in [0.3, 0.4) is 0 Å². The number of amides is 2. The van der Waals surface area contributed by atoms with Crippen LogP contribution >= 0.6 is 0 Å². The van der Waals surface area contributed by atoms with Crippen LogP contribution in [0.1, 0.15) is 37.0 Å². The van der Waals surface area contributed by atoms with E-state index in [9.17, 15) is 9.18 Å². The van der Waals surface area contributed by atoms with Crippen molar-refractivity contribution in [2.24, 2.45) is 0 Å². The van der Waals surface area contributed by atoms with Gasteiger partial charge in [-0.15, -0.1) is 0 Å². The average molecular weight is 392 g/mol. The lowest BCUT2D eigenvalue weighted by Crippen LogP contribution is -2.40. The van der Waals surface area contributed by atoms with Crippen LogP contribution in [0.4, 0.5) is 9.18 Å². The van der Waals surface area contributed by atoms with Crippen LogP contribution in [0.2, 0.25) is 0 Å². The zero-order valence-corrected chi connectivity index (χ0v) is 15.9. The van der Waals surface area contributed by atoms with E-state index in [2.05, 4.69) is 15.5 Å². The molecule has 1 unspecified atom stereocenters. The summed E-state index contributed by atoms with van der Waals surface area (Å²) in [6, 6.07) is 5.49. The molecule has 9 heteroatoms. The largest absolute Gasteiger partial charge is 0.493 e. The first-order chi connectivity index (χ1) is 13.7. The molecular formula is C19H25FN4O4. The van der Waals surface area contributed by atoms with Crippen molar-refractivity contribution >= 4 is 6.03 Å². The maximum absolute atomic E-state index is 12.9. The van der Waals surface area contributed by atoms with Crippen LogP contribution in [0, 0.1) is 5.82 Å². The smallest absolute Gasteiger partial charge is 0.318 e. The zero-order chi connectivity index (χ0) is 19.8. The van der Waals surface area contributed by atoms with Gasteiger partial charge in [-0.2, -0.15) is 4.98 Å². The number of hydrogen-bond acceptors (Lipinski definition) is 6. The molecule has 8 nitrogen and oxygen atoms in total. The minimum atomic E-state index is -0.306. The summed E-state index contributed by atoms with van der Waals surface area (Å²) >= 11 is 0. The zero-order valence-electron chi connectivity index (χ0n) is 15.9. The first kappa shape index (κ1) is 20.1. The van der Waals surface area contributed by atoms with Crippen LogP contribution in [0.5, 0.6) is 5.75 Å². The molecule has 2 aromatic rings. The minimum Gasteiger partial charge on any atom is -0.493 e. The lowest BCUT2D eigenvalue weighted by molar-refractivity contribution is 0.174. The van der Waals surface area contributed by atoms with Gasteiger partial charge in [0.15, 0.2) is 5.82 Å². The van der Waals surface area contributed by atoms with E-state index in [1.54, 1.807) is 24.1 Å². The van der Waals surface area contributed by atoms with Gasteiger partial charge < -0.3 is 24.2 Å². The number of urea groups is 1. The van der Waals surface area contributed by atoms with E-state index in [-0.39, 0.29) is 17.9 Å². The highest BCUT2D eigenvalue weighted by Gasteiger charge is 2.33. The molecule has 2 amide bonds. The summed E-state index contributed by atoms with van der Waals surface area (Å²) in [5, 5.41) is 6.88. The first-order valence-corrected chi connectivity index (χ1v) is 9.41. The van der Waals surface area contributed by atoms with Gasteiger partial charge in [-0.25, -0.2) is 9.18 Å². The van der Waals surface area contributed by atoms with Crippen molar-refractivity contribution in [3.05, 3.63) is 41.8 Å². The number of nitrogens with zero attached hydrogens (tertiary/aromatic N) is 3. The molecule has 1 atom stereocenters. The summed E-state index contributed by atoms with van der Waals surface area (Å²) < 4.78 is 28.8. The van der Waals surface area contributed by atoms with Gasteiger partial charge in [-0.05, 0) is 43.5 Å². The van der Waals surface area contributed by atoms with Gasteiger partial charge in [0.2, 0.25) is 5.89 Å². The van der Waals surface area contributed by atoms with Crippen LogP contribution in [0.15, 0.2) is 28.8 Å². The monoisotopic (exact) mass is 392 g/mol. The highest BCUT2D eigenvalue weighted by Crippen LogP contribution is 2.30. The number of halogens is 1. The van der Waals surface area contributed by atoms with E-state index in [1.165, 1.54) is 12.1 Å². The number of carbonyl (C=O) groups is 1. The second kappa shape index (κ2) is 10.0. The molecule has 0 bridgehead atoms. The summed E-state index contributed by atoms with van der Waals surface area (Å²) in [4.78, 5) is 18.5. The molecular weight excluding hydrogens is 367 g/mol. The highest BCUT2D eigenvalue weighted by molar-refractivity contribution is 5.74. The fourth-order valence-corrected chi connectivity index (χ4v) is 3.08. The Bertz CT molecular complexity index is 753. The molecule has 1 N–H and O–H groups in total. The van der Waals surface area contributed by atoms with Crippen LogP contribution in [-0.4, -0.2) is 54.5 Å². The van der Waals surface area contributed by atoms with Gasteiger partial charge in [-0.1, -0.05) is 5.16 Å². The van der Waals surface area contributed by atoms with Crippen molar-refractivity contribution < 1.29 is 23.2 Å². The van der Waals surface area contributed by atoms with E-state index >= 15 is 0 Å². The average Bonchev–Trinajstić information content (AvgIpc) is 3.36. The van der Waals surface area contributed by atoms with Gasteiger partial charge in [0.1, 0.15) is 17.6 Å². The quantitative estimate of drug-likeness (QED) is 0.660. The Kier molecular flexibility index (Phi) is 7.18. The summed E-state index contributed by atoms with van der Waals surface area (Å²) in [7, 11) is 1.64. The van der Waals surface area contributed by atoms with Gasteiger partial charge >= 0.3 is 6.03 Å². The number of nitrogens with one attached hydrogen (secondary N) is 1. The van der Waals surface area contributed by atoms with E-state index in [0.717, 1.165) is 19.3 Å². The molecule has 0 saturated carbocycles. The number of carbonyl (C=O) groups excluding carboxylic acids is 1. The predicted octanol–water partition coefficient (Wildman–Crippen LogP) is 2.71. The molecule has 28 heavy (non-hydrogen) atoms. The summed E-state index contributed by atoms with van der Waals surface area (Å²) in [5.41, 5.74) is 0. The van der Waals surface area contributed by atoms with Crippen molar-refractivity contribution in [1.29, 1.82) is 0 Å². The molecule has 152 valence electrons. The van der Waals surface area contributed by atoms with Crippen molar-refractivity contribution in [1.82, 2.24) is 20.4 Å². The number of likely N-dealkylation sites (tertiary alicyclic amines) is 1. The van der Waals surface area contributed by atoms with Crippen molar-refractivity contribution in [2.45, 2.75) is 31.7 Å². The van der Waals surface area contributed by atoms with E-state index in [1.807, 2.05) is 0 Å². The second-order valence-electron chi connectivity index (χ2n) is 6.53. The molecule has 1 aromatic heterocycles. The molecule has 0 spiro atoms. The number of hydrogen-bond donors (Lipinski definition) is 1. The number of methoxy groups -OCH3 is 1. The maximum atomic E-state index is 12.9. The summed E-state index contributed by atoms with van der Waals surface area (Å²) in [6.07, 6.45) is 2.90. The van der Waals surface area contributed by atoms with E-state index < -0.39 is 0 Å². The first-order valence-electron chi connectivity index (χ1n) is 9.41. The van der Waals surface area contributed by atoms with Gasteiger partial charge in [0.05, 0.1) is 6.61 Å². The molecule has 1 aliphatic heterocycles. The molecule has 0 aliphatic carbocycles. The summed E-state index contributed by atoms with van der Waals surface area (Å²) in [5.74, 6) is 1.24. The number of rotatable bonds is 9. The van der Waals surface area contributed by atoms with Crippen LogP contribution in [-0.2, 0) is 11.2 Å². The lowest BCUT2D eigenvalue weighted by Gasteiger charge is -2.22. The van der Waals surface area contributed by atoms with Crippen molar-refractivity contribution in [2.75, 3.05) is 33.4 Å². The molecule has 3 rings (SSSR count). The number of ether oxygens (including phenoxy) is 2. The second-order valence-corrected chi connectivity index (χ2v) is 6.53. The van der Waals surface area contributed by atoms with Crippen molar-refractivity contribution in [3.63, 3.8) is 0 Å². The third kappa shape index (κ3) is 5.41. The third-order valence-corrected chi connectivity index (χ3v) is 4.49. The minimum absolute atomic E-state index is 0.127. The Morgan fingerprint density at radius 1 is 1.36 bits per heavy atom. The molecule has 1 saturated heterocycles. The van der Waals surface area contributed by atoms with E-state index in [4.69, 9.17) is 14.0 Å². The van der Waals surface area contributed by atoms with Gasteiger partial charge in [-0.3, -0.25) is 0 Å². The SMILES string of the molecule is COCCCNC(=O)N1CCCC1c1nc(CCOc2ccc(F)cc2)no1. The molecule has 2 heterocycles. The topological polar surface area (TPSA) is 89.7 Å². The molecule has 1 aliphatic rings.